The Bertz CT molecular complexity index is 1460. The van der Waals surface area contributed by atoms with Crippen LogP contribution in [0.2, 0.25) is 0 Å². The van der Waals surface area contributed by atoms with Crippen LogP contribution in [0.5, 0.6) is 0 Å². The molecule has 1 heterocycles. The molecule has 8 heteroatoms. The molecule has 1 saturated heterocycles. The average Bonchev–Trinajstić information content (AvgIpc) is 3.01. The Morgan fingerprint density at radius 1 is 0.775 bits per heavy atom. The summed E-state index contributed by atoms with van der Waals surface area (Å²) in [5, 5.41) is 9.47. The first-order chi connectivity index (χ1) is 19.4. The summed E-state index contributed by atoms with van der Waals surface area (Å²) in [6.45, 7) is 2.33. The van der Waals surface area contributed by atoms with Crippen molar-refractivity contribution in [3.8, 4) is 0 Å². The smallest absolute Gasteiger partial charge is 0.240 e. The van der Waals surface area contributed by atoms with Gasteiger partial charge in [0.1, 0.15) is 0 Å². The summed E-state index contributed by atoms with van der Waals surface area (Å²) in [4.78, 5) is 1.43. The number of sulfonamides is 1. The third-order valence-electron chi connectivity index (χ3n) is 7.05. The van der Waals surface area contributed by atoms with Crippen molar-refractivity contribution >= 4 is 21.8 Å². The van der Waals surface area contributed by atoms with Gasteiger partial charge in [-0.2, -0.15) is 0 Å². The van der Waals surface area contributed by atoms with E-state index in [1.54, 1.807) is 42.1 Å². The van der Waals surface area contributed by atoms with E-state index in [4.69, 9.17) is 9.47 Å². The van der Waals surface area contributed by atoms with Gasteiger partial charge in [0.2, 0.25) is 10.0 Å². The normalized spacial score (nSPS) is 21.2. The SMILES string of the molecule is CC1C(CSc2ccccc2)OC(c2ccc(CNS(=O)(=O)c3ccccc3)cc2)OC1c1ccc(CO)cc1. The molecule has 0 amide bonds. The summed E-state index contributed by atoms with van der Waals surface area (Å²) in [6, 6.07) is 34.1. The molecule has 0 bridgehead atoms. The van der Waals surface area contributed by atoms with Gasteiger partial charge in [0.05, 0.1) is 23.7 Å². The first-order valence-electron chi connectivity index (χ1n) is 13.2. The molecule has 0 aromatic heterocycles. The number of hydrogen-bond donors (Lipinski definition) is 2. The lowest BCUT2D eigenvalue weighted by Crippen LogP contribution is -2.38. The molecular formula is C32H33NO5S2. The van der Waals surface area contributed by atoms with Gasteiger partial charge in [-0.15, -0.1) is 11.8 Å². The molecule has 4 atom stereocenters. The van der Waals surface area contributed by atoms with Crippen LogP contribution < -0.4 is 4.72 Å². The summed E-state index contributed by atoms with van der Waals surface area (Å²) < 4.78 is 40.9. The molecule has 0 radical (unpaired) electrons. The van der Waals surface area contributed by atoms with Crippen LogP contribution in [-0.2, 0) is 32.6 Å². The maximum absolute atomic E-state index is 12.6. The number of hydrogen-bond acceptors (Lipinski definition) is 6. The highest BCUT2D eigenvalue weighted by atomic mass is 32.2. The Morgan fingerprint density at radius 2 is 1.38 bits per heavy atom. The second-order valence-electron chi connectivity index (χ2n) is 9.83. The molecule has 40 heavy (non-hydrogen) atoms. The monoisotopic (exact) mass is 575 g/mol. The van der Waals surface area contributed by atoms with Crippen molar-refractivity contribution in [2.24, 2.45) is 5.92 Å². The quantitative estimate of drug-likeness (QED) is 0.218. The summed E-state index contributed by atoms with van der Waals surface area (Å²) in [6.07, 6.45) is -0.829. The zero-order valence-corrected chi connectivity index (χ0v) is 23.9. The van der Waals surface area contributed by atoms with Crippen LogP contribution in [0.4, 0.5) is 0 Å². The first kappa shape index (κ1) is 28.5. The number of rotatable bonds is 10. The highest BCUT2D eigenvalue weighted by Gasteiger charge is 2.38. The van der Waals surface area contributed by atoms with Gasteiger partial charge in [-0.3, -0.25) is 0 Å². The zero-order chi connectivity index (χ0) is 28.0. The van der Waals surface area contributed by atoms with Gasteiger partial charge in [0.25, 0.3) is 0 Å². The first-order valence-corrected chi connectivity index (χ1v) is 15.7. The summed E-state index contributed by atoms with van der Waals surface area (Å²) >= 11 is 1.76. The van der Waals surface area contributed by atoms with Crippen LogP contribution in [0.3, 0.4) is 0 Å². The second kappa shape index (κ2) is 13.1. The van der Waals surface area contributed by atoms with Gasteiger partial charge < -0.3 is 14.6 Å². The predicted molar refractivity (Wildman–Crippen MR) is 157 cm³/mol. The fourth-order valence-electron chi connectivity index (χ4n) is 4.66. The lowest BCUT2D eigenvalue weighted by Gasteiger charge is -2.41. The Morgan fingerprint density at radius 3 is 2.02 bits per heavy atom. The molecule has 1 fully saturated rings. The molecular weight excluding hydrogens is 542 g/mol. The molecule has 4 aromatic rings. The van der Waals surface area contributed by atoms with Crippen LogP contribution in [-0.4, -0.2) is 25.4 Å². The average molecular weight is 576 g/mol. The topological polar surface area (TPSA) is 84.9 Å². The summed E-state index contributed by atoms with van der Waals surface area (Å²) in [5.41, 5.74) is 3.60. The van der Waals surface area contributed by atoms with Crippen molar-refractivity contribution in [3.63, 3.8) is 0 Å². The molecule has 4 unspecified atom stereocenters. The van der Waals surface area contributed by atoms with E-state index in [9.17, 15) is 13.5 Å². The van der Waals surface area contributed by atoms with Gasteiger partial charge in [-0.1, -0.05) is 91.9 Å². The largest absolute Gasteiger partial charge is 0.392 e. The minimum atomic E-state index is -3.59. The fourth-order valence-corrected chi connectivity index (χ4v) is 6.79. The number of ether oxygens (including phenoxy) is 2. The van der Waals surface area contributed by atoms with Crippen molar-refractivity contribution in [2.75, 3.05) is 5.75 Å². The molecule has 5 rings (SSSR count). The minimum Gasteiger partial charge on any atom is -0.392 e. The number of nitrogens with one attached hydrogen (secondary N) is 1. The van der Waals surface area contributed by atoms with E-state index >= 15 is 0 Å². The van der Waals surface area contributed by atoms with E-state index in [-0.39, 0.29) is 36.2 Å². The number of benzene rings is 4. The highest BCUT2D eigenvalue weighted by Crippen LogP contribution is 2.43. The lowest BCUT2D eigenvalue weighted by atomic mass is 9.91. The van der Waals surface area contributed by atoms with Gasteiger partial charge in [0.15, 0.2) is 6.29 Å². The molecule has 208 valence electrons. The zero-order valence-electron chi connectivity index (χ0n) is 22.2. The molecule has 1 aliphatic rings. The maximum Gasteiger partial charge on any atom is 0.240 e. The van der Waals surface area contributed by atoms with Gasteiger partial charge in [-0.25, -0.2) is 13.1 Å². The van der Waals surface area contributed by atoms with E-state index in [0.29, 0.717) is 0 Å². The third kappa shape index (κ3) is 7.01. The molecule has 6 nitrogen and oxygen atoms in total. The Labute approximate surface area is 240 Å². The molecule has 0 saturated carbocycles. The van der Waals surface area contributed by atoms with E-state index < -0.39 is 16.3 Å². The summed E-state index contributed by atoms with van der Waals surface area (Å²) in [5.74, 6) is 0.870. The van der Waals surface area contributed by atoms with Crippen LogP contribution in [0, 0.1) is 5.92 Å². The van der Waals surface area contributed by atoms with Crippen LogP contribution in [0.15, 0.2) is 119 Å². The van der Waals surface area contributed by atoms with Crippen LogP contribution in [0.1, 0.15) is 41.6 Å². The van der Waals surface area contributed by atoms with Gasteiger partial charge in [-0.05, 0) is 41.0 Å². The van der Waals surface area contributed by atoms with Crippen molar-refractivity contribution in [2.45, 2.75) is 48.4 Å². The van der Waals surface area contributed by atoms with Gasteiger partial charge >= 0.3 is 0 Å². The second-order valence-corrected chi connectivity index (χ2v) is 12.7. The van der Waals surface area contributed by atoms with Crippen molar-refractivity contribution in [1.29, 1.82) is 0 Å². The molecule has 1 aliphatic heterocycles. The Balaban J connectivity index is 1.32. The third-order valence-corrected chi connectivity index (χ3v) is 9.57. The van der Waals surface area contributed by atoms with E-state index in [1.165, 1.54) is 4.90 Å². The standard InChI is InChI=1S/C32H33NO5S2/c1-23-30(22-39-28-8-4-2-5-9-28)37-32(38-31(23)26-16-14-25(21-34)15-17-26)27-18-12-24(13-19-27)20-33-40(35,36)29-10-6-3-7-11-29/h2-19,23,30-34H,20-22H2,1H3. The van der Waals surface area contributed by atoms with E-state index in [1.807, 2.05) is 66.7 Å². The predicted octanol–water partition coefficient (Wildman–Crippen LogP) is 6.24. The van der Waals surface area contributed by atoms with Crippen molar-refractivity contribution in [1.82, 2.24) is 4.72 Å². The van der Waals surface area contributed by atoms with E-state index in [2.05, 4.69) is 23.8 Å². The molecule has 4 aromatic carbocycles. The highest BCUT2D eigenvalue weighted by molar-refractivity contribution is 7.99. The summed E-state index contributed by atoms with van der Waals surface area (Å²) in [7, 11) is -3.59. The maximum atomic E-state index is 12.6. The van der Waals surface area contributed by atoms with Crippen molar-refractivity contribution < 1.29 is 23.0 Å². The molecule has 0 spiro atoms. The minimum absolute atomic E-state index is 0.00269. The molecule has 0 aliphatic carbocycles. The molecule has 2 N–H and O–H groups in total. The van der Waals surface area contributed by atoms with Crippen LogP contribution >= 0.6 is 11.8 Å². The van der Waals surface area contributed by atoms with Gasteiger partial charge in [0, 0.05) is 28.7 Å². The van der Waals surface area contributed by atoms with Crippen molar-refractivity contribution in [3.05, 3.63) is 131 Å². The van der Waals surface area contributed by atoms with Crippen LogP contribution in [0.25, 0.3) is 0 Å². The number of thioether (sulfide) groups is 1. The number of aliphatic hydroxyl groups excluding tert-OH is 1. The fraction of sp³-hybridized carbons (Fsp3) is 0.250. The number of aliphatic hydroxyl groups is 1. The van der Waals surface area contributed by atoms with E-state index in [0.717, 1.165) is 28.0 Å². The Hall–Kier alpha value is -2.98. The Kier molecular flexibility index (Phi) is 9.36. The lowest BCUT2D eigenvalue weighted by molar-refractivity contribution is -0.268.